The summed E-state index contributed by atoms with van der Waals surface area (Å²) in [5.74, 6) is -0.354. The molecule has 0 bridgehead atoms. The van der Waals surface area contributed by atoms with Gasteiger partial charge in [-0.1, -0.05) is 6.07 Å². The summed E-state index contributed by atoms with van der Waals surface area (Å²) in [5.41, 5.74) is 3.67. The SMILES string of the molecule is Cc1ccc(S(=O)(=O)N2CCC(C(=O)Nc3nc(-c4cccnc4)cs3)CC2)cc1C. The molecule has 31 heavy (non-hydrogen) atoms. The van der Waals surface area contributed by atoms with Crippen molar-refractivity contribution >= 4 is 32.4 Å². The average molecular weight is 457 g/mol. The largest absolute Gasteiger partial charge is 0.302 e. The van der Waals surface area contributed by atoms with E-state index in [9.17, 15) is 13.2 Å². The second-order valence-electron chi connectivity index (χ2n) is 7.69. The van der Waals surface area contributed by atoms with E-state index >= 15 is 0 Å². The van der Waals surface area contributed by atoms with Crippen molar-refractivity contribution in [1.29, 1.82) is 0 Å². The third-order valence-corrected chi connectivity index (χ3v) is 8.28. The van der Waals surface area contributed by atoms with Gasteiger partial charge in [-0.25, -0.2) is 13.4 Å². The molecular weight excluding hydrogens is 432 g/mol. The van der Waals surface area contributed by atoms with Crippen LogP contribution in [-0.4, -0.2) is 41.7 Å². The highest BCUT2D eigenvalue weighted by atomic mass is 32.2. The number of aromatic nitrogens is 2. The third-order valence-electron chi connectivity index (χ3n) is 5.63. The van der Waals surface area contributed by atoms with Crippen LogP contribution in [0.5, 0.6) is 0 Å². The summed E-state index contributed by atoms with van der Waals surface area (Å²) in [4.78, 5) is 21.6. The Morgan fingerprint density at radius 1 is 1.16 bits per heavy atom. The first-order chi connectivity index (χ1) is 14.8. The van der Waals surface area contributed by atoms with Gasteiger partial charge in [-0.15, -0.1) is 11.3 Å². The van der Waals surface area contributed by atoms with Crippen LogP contribution >= 0.6 is 11.3 Å². The predicted octanol–water partition coefficient (Wildman–Crippen LogP) is 3.86. The van der Waals surface area contributed by atoms with Gasteiger partial charge in [0.15, 0.2) is 5.13 Å². The van der Waals surface area contributed by atoms with Gasteiger partial charge in [0, 0.05) is 42.3 Å². The fraction of sp³-hybridized carbons (Fsp3) is 0.318. The van der Waals surface area contributed by atoms with Gasteiger partial charge < -0.3 is 5.32 Å². The van der Waals surface area contributed by atoms with Gasteiger partial charge in [-0.05, 0) is 62.1 Å². The van der Waals surface area contributed by atoms with Crippen molar-refractivity contribution < 1.29 is 13.2 Å². The van der Waals surface area contributed by atoms with Gasteiger partial charge in [-0.2, -0.15) is 4.31 Å². The third kappa shape index (κ3) is 4.68. The van der Waals surface area contributed by atoms with Crippen LogP contribution < -0.4 is 5.32 Å². The minimum absolute atomic E-state index is 0.115. The van der Waals surface area contributed by atoms with E-state index in [0.29, 0.717) is 36.0 Å². The minimum atomic E-state index is -3.55. The molecule has 7 nitrogen and oxygen atoms in total. The van der Waals surface area contributed by atoms with Crippen LogP contribution in [0, 0.1) is 19.8 Å². The molecule has 1 aliphatic heterocycles. The smallest absolute Gasteiger partial charge is 0.243 e. The zero-order valence-corrected chi connectivity index (χ0v) is 19.0. The highest BCUT2D eigenvalue weighted by Gasteiger charge is 2.32. The van der Waals surface area contributed by atoms with Crippen molar-refractivity contribution in [2.75, 3.05) is 18.4 Å². The van der Waals surface area contributed by atoms with Crippen LogP contribution in [0.1, 0.15) is 24.0 Å². The normalized spacial score (nSPS) is 15.7. The first kappa shape index (κ1) is 21.6. The standard InChI is InChI=1S/C22H24N4O3S2/c1-15-5-6-19(12-16(15)2)31(28,29)26-10-7-17(8-11-26)21(27)25-22-24-20(14-30-22)18-4-3-9-23-13-18/h3-6,9,12-14,17H,7-8,10-11H2,1-2H3,(H,24,25,27). The van der Waals surface area contributed by atoms with Gasteiger partial charge in [0.05, 0.1) is 10.6 Å². The van der Waals surface area contributed by atoms with Crippen LogP contribution in [0.3, 0.4) is 0 Å². The molecule has 1 saturated heterocycles. The second-order valence-corrected chi connectivity index (χ2v) is 10.5. The van der Waals surface area contributed by atoms with Gasteiger partial charge in [0.25, 0.3) is 0 Å². The van der Waals surface area contributed by atoms with Crippen LogP contribution in [0.2, 0.25) is 0 Å². The number of amides is 1. The predicted molar refractivity (Wildman–Crippen MR) is 121 cm³/mol. The molecular formula is C22H24N4O3S2. The molecule has 0 unspecified atom stereocenters. The van der Waals surface area contributed by atoms with Crippen molar-refractivity contribution in [3.63, 3.8) is 0 Å². The molecule has 2 aromatic heterocycles. The molecule has 162 valence electrons. The molecule has 1 aliphatic rings. The summed E-state index contributed by atoms with van der Waals surface area (Å²) >= 11 is 1.36. The highest BCUT2D eigenvalue weighted by molar-refractivity contribution is 7.89. The number of carbonyl (C=O) groups is 1. The number of sulfonamides is 1. The summed E-state index contributed by atoms with van der Waals surface area (Å²) in [6.07, 6.45) is 4.39. The van der Waals surface area contributed by atoms with Gasteiger partial charge in [0.2, 0.25) is 15.9 Å². The van der Waals surface area contributed by atoms with E-state index in [1.807, 2.05) is 37.4 Å². The molecule has 0 spiro atoms. The Morgan fingerprint density at radius 2 is 1.94 bits per heavy atom. The van der Waals surface area contributed by atoms with E-state index in [1.54, 1.807) is 24.5 Å². The lowest BCUT2D eigenvalue weighted by Crippen LogP contribution is -2.41. The summed E-state index contributed by atoms with van der Waals surface area (Å²) in [7, 11) is -3.55. The number of nitrogens with one attached hydrogen (secondary N) is 1. The maximum atomic E-state index is 13.0. The maximum absolute atomic E-state index is 13.0. The first-order valence-corrected chi connectivity index (χ1v) is 12.4. The molecule has 0 atom stereocenters. The second kappa shape index (κ2) is 8.86. The van der Waals surface area contributed by atoms with Crippen molar-refractivity contribution in [3.05, 3.63) is 59.2 Å². The topological polar surface area (TPSA) is 92.3 Å². The molecule has 1 N–H and O–H groups in total. The minimum Gasteiger partial charge on any atom is -0.302 e. The van der Waals surface area contributed by atoms with Gasteiger partial charge >= 0.3 is 0 Å². The van der Waals surface area contributed by atoms with E-state index in [-0.39, 0.29) is 11.8 Å². The number of hydrogen-bond donors (Lipinski definition) is 1. The number of hydrogen-bond acceptors (Lipinski definition) is 6. The van der Waals surface area contributed by atoms with E-state index in [2.05, 4.69) is 15.3 Å². The molecule has 0 aliphatic carbocycles. The number of carbonyl (C=O) groups excluding carboxylic acids is 1. The van der Waals surface area contributed by atoms with Crippen molar-refractivity contribution in [1.82, 2.24) is 14.3 Å². The molecule has 1 amide bonds. The molecule has 0 saturated carbocycles. The lowest BCUT2D eigenvalue weighted by Gasteiger charge is -2.30. The monoisotopic (exact) mass is 456 g/mol. The molecule has 3 aromatic rings. The summed E-state index contributed by atoms with van der Waals surface area (Å²) < 4.78 is 27.4. The Bertz CT molecular complexity index is 1180. The quantitative estimate of drug-likeness (QED) is 0.629. The van der Waals surface area contributed by atoms with Crippen molar-refractivity contribution in [2.24, 2.45) is 5.92 Å². The van der Waals surface area contributed by atoms with E-state index in [1.165, 1.54) is 15.6 Å². The molecule has 1 aromatic carbocycles. The van der Waals surface area contributed by atoms with Crippen LogP contribution in [-0.2, 0) is 14.8 Å². The molecule has 4 rings (SSSR count). The van der Waals surface area contributed by atoms with E-state index < -0.39 is 10.0 Å². The highest BCUT2D eigenvalue weighted by Crippen LogP contribution is 2.28. The zero-order valence-electron chi connectivity index (χ0n) is 17.4. The number of pyridine rings is 1. The Hall–Kier alpha value is -2.62. The number of aryl methyl sites for hydroxylation is 2. The summed E-state index contributed by atoms with van der Waals surface area (Å²) in [5, 5.41) is 5.30. The van der Waals surface area contributed by atoms with Crippen molar-refractivity contribution in [2.45, 2.75) is 31.6 Å². The summed E-state index contributed by atoms with van der Waals surface area (Å²) in [6, 6.07) is 8.95. The van der Waals surface area contributed by atoms with E-state index in [4.69, 9.17) is 0 Å². The number of rotatable bonds is 5. The van der Waals surface area contributed by atoms with Crippen LogP contribution in [0.4, 0.5) is 5.13 Å². The summed E-state index contributed by atoms with van der Waals surface area (Å²) in [6.45, 7) is 4.51. The number of thiazole rings is 1. The lowest BCUT2D eigenvalue weighted by atomic mass is 9.97. The van der Waals surface area contributed by atoms with E-state index in [0.717, 1.165) is 22.4 Å². The Labute approximate surface area is 186 Å². The number of piperidine rings is 1. The van der Waals surface area contributed by atoms with Crippen LogP contribution in [0.15, 0.2) is 53.0 Å². The Kier molecular flexibility index (Phi) is 6.17. The Morgan fingerprint density at radius 3 is 2.61 bits per heavy atom. The number of nitrogens with zero attached hydrogens (tertiary/aromatic N) is 3. The number of anilines is 1. The number of benzene rings is 1. The molecule has 1 fully saturated rings. The van der Waals surface area contributed by atoms with Crippen molar-refractivity contribution in [3.8, 4) is 11.3 Å². The zero-order chi connectivity index (χ0) is 22.0. The fourth-order valence-corrected chi connectivity index (χ4v) is 5.85. The fourth-order valence-electron chi connectivity index (χ4n) is 3.57. The lowest BCUT2D eigenvalue weighted by molar-refractivity contribution is -0.120. The Balaban J connectivity index is 1.37. The van der Waals surface area contributed by atoms with Crippen LogP contribution in [0.25, 0.3) is 11.3 Å². The molecule has 9 heteroatoms. The molecule has 3 heterocycles. The maximum Gasteiger partial charge on any atom is 0.243 e. The average Bonchev–Trinajstić information content (AvgIpc) is 3.24. The first-order valence-electron chi connectivity index (χ1n) is 10.1. The van der Waals surface area contributed by atoms with Gasteiger partial charge in [0.1, 0.15) is 0 Å². The molecule has 0 radical (unpaired) electrons. The van der Waals surface area contributed by atoms with Gasteiger partial charge in [-0.3, -0.25) is 9.78 Å².